The van der Waals surface area contributed by atoms with Gasteiger partial charge in [0.05, 0.1) is 31.0 Å². The van der Waals surface area contributed by atoms with E-state index in [9.17, 15) is 23.4 Å². The summed E-state index contributed by atoms with van der Waals surface area (Å²) < 4.78 is 44.4. The fourth-order valence-electron chi connectivity index (χ4n) is 3.36. The van der Waals surface area contributed by atoms with Crippen molar-refractivity contribution in [3.05, 3.63) is 57.8 Å². The standard InChI is InChI=1S/C19H22F3NO3S/c20-19(21,22)14-4-1-3-13(7-14)18-8-15(24)9-23(18)10-16(25)11-26-12-17-5-2-6-27-17/h1-7,15-16,18,24-25H,8-12H2/t15-,16-,18+/m0/s1. The van der Waals surface area contributed by atoms with Crippen molar-refractivity contribution in [2.75, 3.05) is 19.7 Å². The number of β-amino-alcohol motifs (C(OH)–C–C–N with tert-alkyl or cyclic N) is 2. The van der Waals surface area contributed by atoms with Gasteiger partial charge in [0.15, 0.2) is 0 Å². The molecule has 1 aliphatic heterocycles. The van der Waals surface area contributed by atoms with E-state index in [4.69, 9.17) is 4.74 Å². The summed E-state index contributed by atoms with van der Waals surface area (Å²) in [5, 5.41) is 22.2. The van der Waals surface area contributed by atoms with Crippen LogP contribution in [0.2, 0.25) is 0 Å². The Morgan fingerprint density at radius 3 is 2.78 bits per heavy atom. The van der Waals surface area contributed by atoms with Crippen LogP contribution in [0, 0.1) is 0 Å². The van der Waals surface area contributed by atoms with Gasteiger partial charge in [0.2, 0.25) is 0 Å². The number of rotatable bonds is 7. The normalized spacial score (nSPS) is 22.3. The molecule has 2 heterocycles. The van der Waals surface area contributed by atoms with Crippen LogP contribution in [0.1, 0.15) is 28.5 Å². The lowest BCUT2D eigenvalue weighted by molar-refractivity contribution is -0.137. The molecule has 1 saturated heterocycles. The summed E-state index contributed by atoms with van der Waals surface area (Å²) >= 11 is 1.57. The van der Waals surface area contributed by atoms with Crippen molar-refractivity contribution in [3.8, 4) is 0 Å². The van der Waals surface area contributed by atoms with Crippen LogP contribution in [0.15, 0.2) is 41.8 Å². The van der Waals surface area contributed by atoms with Crippen LogP contribution in [0.5, 0.6) is 0 Å². The van der Waals surface area contributed by atoms with Crippen LogP contribution in [-0.2, 0) is 17.5 Å². The average molecular weight is 401 g/mol. The highest BCUT2D eigenvalue weighted by molar-refractivity contribution is 7.09. The number of hydrogen-bond acceptors (Lipinski definition) is 5. The molecule has 0 amide bonds. The topological polar surface area (TPSA) is 52.9 Å². The smallest absolute Gasteiger partial charge is 0.392 e. The van der Waals surface area contributed by atoms with E-state index in [-0.39, 0.29) is 19.2 Å². The Bertz CT molecular complexity index is 723. The van der Waals surface area contributed by atoms with E-state index >= 15 is 0 Å². The zero-order chi connectivity index (χ0) is 19.4. The maximum atomic E-state index is 13.0. The minimum Gasteiger partial charge on any atom is -0.392 e. The van der Waals surface area contributed by atoms with Crippen molar-refractivity contribution < 1.29 is 28.1 Å². The van der Waals surface area contributed by atoms with Gasteiger partial charge in [-0.2, -0.15) is 13.2 Å². The molecule has 0 aliphatic carbocycles. The zero-order valence-electron chi connectivity index (χ0n) is 14.6. The molecule has 8 heteroatoms. The summed E-state index contributed by atoms with van der Waals surface area (Å²) in [5.74, 6) is 0. The Morgan fingerprint density at radius 1 is 1.26 bits per heavy atom. The van der Waals surface area contributed by atoms with E-state index in [0.29, 0.717) is 25.1 Å². The number of thiophene rings is 1. The number of nitrogens with zero attached hydrogens (tertiary/aromatic N) is 1. The van der Waals surface area contributed by atoms with E-state index in [0.717, 1.165) is 17.0 Å². The van der Waals surface area contributed by atoms with Gasteiger partial charge in [-0.1, -0.05) is 18.2 Å². The molecule has 0 spiro atoms. The van der Waals surface area contributed by atoms with E-state index in [1.165, 1.54) is 6.07 Å². The second-order valence-corrected chi connectivity index (χ2v) is 7.76. The van der Waals surface area contributed by atoms with Gasteiger partial charge in [-0.25, -0.2) is 0 Å². The van der Waals surface area contributed by atoms with Crippen LogP contribution in [0.4, 0.5) is 13.2 Å². The van der Waals surface area contributed by atoms with E-state index in [1.54, 1.807) is 17.4 Å². The lowest BCUT2D eigenvalue weighted by Crippen LogP contribution is -2.35. The van der Waals surface area contributed by atoms with Crippen LogP contribution >= 0.6 is 11.3 Å². The number of halogens is 3. The molecule has 0 bridgehead atoms. The lowest BCUT2D eigenvalue weighted by Gasteiger charge is -2.27. The molecule has 148 valence electrons. The van der Waals surface area contributed by atoms with Crippen LogP contribution in [0.25, 0.3) is 0 Å². The molecule has 0 saturated carbocycles. The molecule has 27 heavy (non-hydrogen) atoms. The maximum Gasteiger partial charge on any atom is 0.416 e. The Hall–Kier alpha value is -1.45. The Kier molecular flexibility index (Phi) is 6.54. The van der Waals surface area contributed by atoms with Gasteiger partial charge in [-0.05, 0) is 35.6 Å². The predicted octanol–water partition coefficient (Wildman–Crippen LogP) is 3.45. The van der Waals surface area contributed by atoms with Gasteiger partial charge >= 0.3 is 6.18 Å². The molecule has 1 aliphatic rings. The fraction of sp³-hybridized carbons (Fsp3) is 0.474. The van der Waals surface area contributed by atoms with Crippen molar-refractivity contribution in [2.24, 2.45) is 0 Å². The molecule has 0 unspecified atom stereocenters. The number of likely N-dealkylation sites (tertiary alicyclic amines) is 1. The largest absolute Gasteiger partial charge is 0.416 e. The SMILES string of the molecule is O[C@H](COCc1cccs1)CN1C[C@@H](O)C[C@@H]1c1cccc(C(F)(F)F)c1. The van der Waals surface area contributed by atoms with E-state index < -0.39 is 23.9 Å². The third-order valence-corrected chi connectivity index (χ3v) is 5.41. The number of benzene rings is 1. The summed E-state index contributed by atoms with van der Waals surface area (Å²) in [6.07, 6.45) is -5.50. The quantitative estimate of drug-likeness (QED) is 0.746. The predicted molar refractivity (Wildman–Crippen MR) is 96.4 cm³/mol. The summed E-state index contributed by atoms with van der Waals surface area (Å²) in [6, 6.07) is 8.66. The molecular formula is C19H22F3NO3S. The van der Waals surface area contributed by atoms with Gasteiger partial charge in [-0.3, -0.25) is 4.90 Å². The Morgan fingerprint density at radius 2 is 2.07 bits per heavy atom. The monoisotopic (exact) mass is 401 g/mol. The maximum absolute atomic E-state index is 13.0. The van der Waals surface area contributed by atoms with Crippen molar-refractivity contribution >= 4 is 11.3 Å². The molecule has 1 aromatic heterocycles. The summed E-state index contributed by atoms with van der Waals surface area (Å²) in [6.45, 7) is 1.07. The number of aliphatic hydroxyl groups is 2. The molecular weight excluding hydrogens is 379 g/mol. The van der Waals surface area contributed by atoms with Gasteiger partial charge < -0.3 is 14.9 Å². The highest BCUT2D eigenvalue weighted by atomic mass is 32.1. The second-order valence-electron chi connectivity index (χ2n) is 6.73. The summed E-state index contributed by atoms with van der Waals surface area (Å²) in [7, 11) is 0. The highest BCUT2D eigenvalue weighted by Crippen LogP contribution is 2.36. The molecule has 0 radical (unpaired) electrons. The minimum absolute atomic E-state index is 0.125. The highest BCUT2D eigenvalue weighted by Gasteiger charge is 2.35. The van der Waals surface area contributed by atoms with Crippen molar-refractivity contribution in [1.82, 2.24) is 4.90 Å². The van der Waals surface area contributed by atoms with Crippen LogP contribution in [0.3, 0.4) is 0 Å². The molecule has 2 aromatic rings. The van der Waals surface area contributed by atoms with Gasteiger partial charge in [0, 0.05) is 24.0 Å². The second kappa shape index (κ2) is 8.70. The first-order valence-electron chi connectivity index (χ1n) is 8.70. The fourth-order valence-corrected chi connectivity index (χ4v) is 4.00. The van der Waals surface area contributed by atoms with Gasteiger partial charge in [-0.15, -0.1) is 11.3 Å². The van der Waals surface area contributed by atoms with Gasteiger partial charge in [0.25, 0.3) is 0 Å². The first kappa shape index (κ1) is 20.3. The number of alkyl halides is 3. The Balaban J connectivity index is 1.60. The number of ether oxygens (including phenoxy) is 1. The zero-order valence-corrected chi connectivity index (χ0v) is 15.4. The van der Waals surface area contributed by atoms with Crippen molar-refractivity contribution in [2.45, 2.75) is 37.5 Å². The molecule has 3 atom stereocenters. The molecule has 1 aromatic carbocycles. The first-order valence-corrected chi connectivity index (χ1v) is 9.58. The average Bonchev–Trinajstić information content (AvgIpc) is 3.24. The first-order chi connectivity index (χ1) is 12.8. The third-order valence-electron chi connectivity index (χ3n) is 4.56. The number of hydrogen-bond donors (Lipinski definition) is 2. The van der Waals surface area contributed by atoms with Crippen LogP contribution < -0.4 is 0 Å². The minimum atomic E-state index is -4.41. The van der Waals surface area contributed by atoms with Gasteiger partial charge in [0.1, 0.15) is 0 Å². The summed E-state index contributed by atoms with van der Waals surface area (Å²) in [4.78, 5) is 2.87. The summed E-state index contributed by atoms with van der Waals surface area (Å²) in [5.41, 5.74) is -0.214. The number of aliphatic hydroxyl groups excluding tert-OH is 2. The molecule has 1 fully saturated rings. The van der Waals surface area contributed by atoms with Crippen molar-refractivity contribution in [3.63, 3.8) is 0 Å². The van der Waals surface area contributed by atoms with E-state index in [1.807, 2.05) is 22.4 Å². The van der Waals surface area contributed by atoms with Crippen LogP contribution in [-0.4, -0.2) is 47.0 Å². The third kappa shape index (κ3) is 5.52. The lowest BCUT2D eigenvalue weighted by atomic mass is 10.0. The molecule has 4 nitrogen and oxygen atoms in total. The molecule has 3 rings (SSSR count). The van der Waals surface area contributed by atoms with Crippen molar-refractivity contribution in [1.29, 1.82) is 0 Å². The molecule has 2 N–H and O–H groups in total. The van der Waals surface area contributed by atoms with E-state index in [2.05, 4.69) is 0 Å². The Labute approximate surface area is 159 Å².